The quantitative estimate of drug-likeness (QED) is 0.127. The molecule has 0 spiro atoms. The van der Waals surface area contributed by atoms with Crippen molar-refractivity contribution in [3.8, 4) is 0 Å². The zero-order valence-electron chi connectivity index (χ0n) is 20.2. The number of carbonyl (C=O) groups excluding carboxylic acids is 1. The molecule has 0 radical (unpaired) electrons. The highest BCUT2D eigenvalue weighted by Crippen LogP contribution is 2.39. The largest absolute Gasteiger partial charge is 0.451 e. The summed E-state index contributed by atoms with van der Waals surface area (Å²) in [5, 5.41) is 0. The van der Waals surface area contributed by atoms with Crippen molar-refractivity contribution in [1.29, 1.82) is 0 Å². The number of unbranched alkanes of at least 4 members (excludes halogenated alkanes) is 15. The van der Waals surface area contributed by atoms with Crippen molar-refractivity contribution in [3.63, 3.8) is 0 Å². The lowest BCUT2D eigenvalue weighted by molar-refractivity contribution is -0.146. The third-order valence-electron chi connectivity index (χ3n) is 6.57. The van der Waals surface area contributed by atoms with Gasteiger partial charge in [-0.15, -0.1) is 0 Å². The highest BCUT2D eigenvalue weighted by Gasteiger charge is 2.37. The first-order chi connectivity index (χ1) is 14.2. The van der Waals surface area contributed by atoms with Gasteiger partial charge in [-0.05, 0) is 19.3 Å². The van der Waals surface area contributed by atoms with Gasteiger partial charge in [0.1, 0.15) is 0 Å². The van der Waals surface area contributed by atoms with Crippen molar-refractivity contribution < 1.29 is 9.32 Å². The van der Waals surface area contributed by atoms with Crippen molar-refractivity contribution in [2.75, 3.05) is 0 Å². The van der Waals surface area contributed by atoms with Gasteiger partial charge in [-0.25, -0.2) is 0 Å². The second-order valence-electron chi connectivity index (χ2n) is 9.24. The molecular weight excluding hydrogens is 375 g/mol. The molecule has 0 aliphatic rings. The summed E-state index contributed by atoms with van der Waals surface area (Å²) in [6.07, 6.45) is 26.2. The molecule has 29 heavy (non-hydrogen) atoms. The topological polar surface area (TPSA) is 26.3 Å². The fraction of sp³-hybridized carbons (Fsp3) is 0.962. The smallest absolute Gasteiger partial charge is 0.314 e. The molecule has 0 N–H and O–H groups in total. The average molecular weight is 429 g/mol. The maximum atomic E-state index is 12.9. The van der Waals surface area contributed by atoms with Crippen LogP contribution in [0, 0.1) is 5.41 Å². The number of hydrogen-bond acceptors (Lipinski definition) is 2. The van der Waals surface area contributed by atoms with E-state index in [4.69, 9.17) is 4.52 Å². The van der Waals surface area contributed by atoms with Gasteiger partial charge in [0.2, 0.25) is 0 Å². The minimum atomic E-state index is -0.234. The molecule has 0 aliphatic carbocycles. The summed E-state index contributed by atoms with van der Waals surface area (Å²) in [7, 11) is 2.23. The summed E-state index contributed by atoms with van der Waals surface area (Å²) in [4.78, 5) is 12.9. The maximum absolute atomic E-state index is 12.9. The standard InChI is InChI=1S/C26H53O2P/c1-4-7-10-13-16-19-22-26(25(27)28-29,23-20-17-14-11-8-5-2)24-21-18-15-12-9-6-3/h4-24,29H2,1-3H3. The summed E-state index contributed by atoms with van der Waals surface area (Å²) in [5.41, 5.74) is -0.234. The van der Waals surface area contributed by atoms with Gasteiger partial charge < -0.3 is 4.52 Å². The van der Waals surface area contributed by atoms with E-state index in [-0.39, 0.29) is 11.4 Å². The van der Waals surface area contributed by atoms with Gasteiger partial charge in [0.15, 0.2) is 0 Å². The molecule has 1 atom stereocenters. The Morgan fingerprint density at radius 1 is 0.552 bits per heavy atom. The van der Waals surface area contributed by atoms with Gasteiger partial charge >= 0.3 is 5.97 Å². The van der Waals surface area contributed by atoms with Crippen LogP contribution in [-0.2, 0) is 9.32 Å². The van der Waals surface area contributed by atoms with Gasteiger partial charge in [0.05, 0.1) is 14.9 Å². The van der Waals surface area contributed by atoms with E-state index >= 15 is 0 Å². The van der Waals surface area contributed by atoms with Crippen LogP contribution in [0.5, 0.6) is 0 Å². The average Bonchev–Trinajstić information content (AvgIpc) is 2.74. The molecule has 0 bridgehead atoms. The molecule has 174 valence electrons. The first-order valence-corrected chi connectivity index (χ1v) is 13.5. The summed E-state index contributed by atoms with van der Waals surface area (Å²) in [6.45, 7) is 6.79. The lowest BCUT2D eigenvalue weighted by atomic mass is 9.74. The summed E-state index contributed by atoms with van der Waals surface area (Å²) in [6, 6.07) is 0. The van der Waals surface area contributed by atoms with E-state index in [2.05, 4.69) is 30.2 Å². The van der Waals surface area contributed by atoms with Crippen LogP contribution in [0.4, 0.5) is 0 Å². The van der Waals surface area contributed by atoms with E-state index in [1.54, 1.807) is 0 Å². The van der Waals surface area contributed by atoms with Crippen LogP contribution in [0.1, 0.15) is 156 Å². The zero-order chi connectivity index (χ0) is 21.6. The molecule has 2 nitrogen and oxygen atoms in total. The van der Waals surface area contributed by atoms with Gasteiger partial charge in [-0.2, -0.15) is 0 Å². The first-order valence-electron chi connectivity index (χ1n) is 13.1. The Labute approximate surface area is 186 Å². The van der Waals surface area contributed by atoms with E-state index in [1.807, 2.05) is 0 Å². The van der Waals surface area contributed by atoms with Crippen molar-refractivity contribution >= 4 is 15.4 Å². The molecule has 1 unspecified atom stereocenters. The monoisotopic (exact) mass is 428 g/mol. The normalized spacial score (nSPS) is 11.7. The maximum Gasteiger partial charge on any atom is 0.314 e. The lowest BCUT2D eigenvalue weighted by Crippen LogP contribution is -2.31. The predicted octanol–water partition coefficient (Wildman–Crippen LogP) is 9.56. The predicted molar refractivity (Wildman–Crippen MR) is 132 cm³/mol. The Balaban J connectivity index is 4.64. The highest BCUT2D eigenvalue weighted by atomic mass is 31.0. The Bertz CT molecular complexity index is 316. The molecule has 0 fully saturated rings. The Hall–Kier alpha value is -0.100. The van der Waals surface area contributed by atoms with Crippen molar-refractivity contribution in [1.82, 2.24) is 0 Å². The molecule has 0 heterocycles. The molecule has 3 heteroatoms. The van der Waals surface area contributed by atoms with E-state index in [0.717, 1.165) is 19.3 Å². The van der Waals surface area contributed by atoms with Crippen LogP contribution in [0.3, 0.4) is 0 Å². The molecule has 0 rings (SSSR count). The van der Waals surface area contributed by atoms with Crippen LogP contribution < -0.4 is 0 Å². The van der Waals surface area contributed by atoms with Gasteiger partial charge in [0.25, 0.3) is 0 Å². The molecule has 0 aromatic carbocycles. The summed E-state index contributed by atoms with van der Waals surface area (Å²) < 4.78 is 5.28. The third-order valence-corrected chi connectivity index (χ3v) is 6.78. The molecule has 0 aromatic rings. The minimum Gasteiger partial charge on any atom is -0.451 e. The van der Waals surface area contributed by atoms with Crippen LogP contribution in [-0.4, -0.2) is 5.97 Å². The van der Waals surface area contributed by atoms with Crippen molar-refractivity contribution in [2.24, 2.45) is 5.41 Å². The number of rotatable bonds is 22. The van der Waals surface area contributed by atoms with Crippen molar-refractivity contribution in [2.45, 2.75) is 156 Å². The van der Waals surface area contributed by atoms with Crippen LogP contribution in [0.2, 0.25) is 0 Å². The lowest BCUT2D eigenvalue weighted by Gasteiger charge is -2.31. The summed E-state index contributed by atoms with van der Waals surface area (Å²) >= 11 is 0. The molecule has 0 aliphatic heterocycles. The summed E-state index contributed by atoms with van der Waals surface area (Å²) in [5.74, 6) is 0.0400. The Kier molecular flexibility index (Phi) is 21.1. The molecule has 0 aromatic heterocycles. The number of hydrogen-bond donors (Lipinski definition) is 0. The fourth-order valence-corrected chi connectivity index (χ4v) is 4.79. The zero-order valence-corrected chi connectivity index (χ0v) is 21.4. The number of carbonyl (C=O) groups is 1. The van der Waals surface area contributed by atoms with E-state index < -0.39 is 0 Å². The van der Waals surface area contributed by atoms with Gasteiger partial charge in [-0.1, -0.05) is 136 Å². The van der Waals surface area contributed by atoms with Crippen LogP contribution in [0.25, 0.3) is 0 Å². The van der Waals surface area contributed by atoms with Crippen LogP contribution in [0.15, 0.2) is 0 Å². The molecule has 0 saturated heterocycles. The minimum absolute atomic E-state index is 0.0400. The van der Waals surface area contributed by atoms with E-state index in [0.29, 0.717) is 0 Å². The van der Waals surface area contributed by atoms with Gasteiger partial charge in [-0.3, -0.25) is 4.79 Å². The van der Waals surface area contributed by atoms with Crippen LogP contribution >= 0.6 is 9.47 Å². The van der Waals surface area contributed by atoms with E-state index in [9.17, 15) is 4.79 Å². The second kappa shape index (κ2) is 21.1. The van der Waals surface area contributed by atoms with Gasteiger partial charge in [0, 0.05) is 0 Å². The Morgan fingerprint density at radius 2 is 0.828 bits per heavy atom. The first kappa shape index (κ1) is 28.9. The second-order valence-corrected chi connectivity index (χ2v) is 9.47. The third kappa shape index (κ3) is 15.4. The Morgan fingerprint density at radius 3 is 1.10 bits per heavy atom. The fourth-order valence-electron chi connectivity index (χ4n) is 4.54. The van der Waals surface area contributed by atoms with E-state index in [1.165, 1.54) is 116 Å². The molecular formula is C26H53O2P. The highest BCUT2D eigenvalue weighted by molar-refractivity contribution is 7.10. The molecule has 0 saturated carbocycles. The van der Waals surface area contributed by atoms with Crippen molar-refractivity contribution in [3.05, 3.63) is 0 Å². The molecule has 0 amide bonds. The SMILES string of the molecule is CCCCCCCCC(CCCCCCCC)(CCCCCCCC)C(=O)OP.